The zero-order valence-electron chi connectivity index (χ0n) is 12.5. The molecule has 0 fully saturated rings. The number of nitrogens with zero attached hydrogens (tertiary/aromatic N) is 1. The second-order valence-corrected chi connectivity index (χ2v) is 5.61. The Bertz CT molecular complexity index is 847. The molecule has 3 rings (SSSR count). The molecule has 23 heavy (non-hydrogen) atoms. The summed E-state index contributed by atoms with van der Waals surface area (Å²) in [6.45, 7) is 1.93. The number of hydrogen-bond donors (Lipinski definition) is 1. The highest BCUT2D eigenvalue weighted by Gasteiger charge is 2.07. The summed E-state index contributed by atoms with van der Waals surface area (Å²) in [4.78, 5) is 16.4. The first-order valence-electron chi connectivity index (χ1n) is 7.15. The number of amides is 1. The summed E-state index contributed by atoms with van der Waals surface area (Å²) in [7, 11) is 0. The molecule has 1 N–H and O–H groups in total. The summed E-state index contributed by atoms with van der Waals surface area (Å²) in [5.74, 6) is 0.369. The van der Waals surface area contributed by atoms with Crippen molar-refractivity contribution in [2.75, 3.05) is 11.9 Å². The van der Waals surface area contributed by atoms with Crippen LogP contribution < -0.4 is 10.1 Å². The van der Waals surface area contributed by atoms with Gasteiger partial charge in [-0.3, -0.25) is 9.78 Å². The van der Waals surface area contributed by atoms with Gasteiger partial charge in [0.15, 0.2) is 6.61 Å². The molecule has 116 valence electrons. The number of hydrogen-bond acceptors (Lipinski definition) is 3. The fraction of sp³-hybridized carbons (Fsp3) is 0.111. The highest BCUT2D eigenvalue weighted by atomic mass is 35.5. The third kappa shape index (κ3) is 3.79. The van der Waals surface area contributed by atoms with Crippen molar-refractivity contribution in [1.82, 2.24) is 4.98 Å². The lowest BCUT2D eigenvalue weighted by atomic mass is 10.1. The number of pyridine rings is 1. The summed E-state index contributed by atoms with van der Waals surface area (Å²) in [5, 5.41) is 4.40. The lowest BCUT2D eigenvalue weighted by Gasteiger charge is -2.10. The lowest BCUT2D eigenvalue weighted by Crippen LogP contribution is -2.20. The van der Waals surface area contributed by atoms with Crippen molar-refractivity contribution in [2.45, 2.75) is 6.92 Å². The van der Waals surface area contributed by atoms with Crippen LogP contribution in [0.1, 0.15) is 5.56 Å². The Hall–Kier alpha value is -2.59. The molecule has 4 nitrogen and oxygen atoms in total. The molecule has 2 aromatic carbocycles. The number of carbonyl (C=O) groups excluding carboxylic acids is 1. The molecule has 0 saturated carbocycles. The van der Waals surface area contributed by atoms with Crippen LogP contribution >= 0.6 is 11.6 Å². The SMILES string of the molecule is Cc1ccc2nccc(NC(=O)COc3ccc(Cl)cc3)c2c1. The summed E-state index contributed by atoms with van der Waals surface area (Å²) in [5.41, 5.74) is 2.67. The van der Waals surface area contributed by atoms with Crippen LogP contribution in [0.25, 0.3) is 10.9 Å². The van der Waals surface area contributed by atoms with Crippen LogP contribution in [-0.4, -0.2) is 17.5 Å². The number of carbonyl (C=O) groups is 1. The van der Waals surface area contributed by atoms with Crippen molar-refractivity contribution < 1.29 is 9.53 Å². The van der Waals surface area contributed by atoms with Crippen molar-refractivity contribution in [3.05, 3.63) is 65.3 Å². The normalized spacial score (nSPS) is 10.5. The van der Waals surface area contributed by atoms with Gasteiger partial charge in [-0.1, -0.05) is 23.2 Å². The van der Waals surface area contributed by atoms with Gasteiger partial charge in [0.05, 0.1) is 11.2 Å². The first kappa shape index (κ1) is 15.3. The zero-order valence-corrected chi connectivity index (χ0v) is 13.3. The van der Waals surface area contributed by atoms with Gasteiger partial charge in [-0.2, -0.15) is 0 Å². The minimum atomic E-state index is -0.228. The van der Waals surface area contributed by atoms with Gasteiger partial charge in [0.1, 0.15) is 5.75 Å². The average molecular weight is 327 g/mol. The van der Waals surface area contributed by atoms with Gasteiger partial charge in [0.2, 0.25) is 0 Å². The molecule has 3 aromatic rings. The number of benzene rings is 2. The second kappa shape index (κ2) is 6.67. The number of rotatable bonds is 4. The van der Waals surface area contributed by atoms with Crippen LogP contribution in [0.4, 0.5) is 5.69 Å². The Labute approximate surface area is 139 Å². The van der Waals surface area contributed by atoms with E-state index in [1.54, 1.807) is 36.5 Å². The van der Waals surface area contributed by atoms with E-state index in [9.17, 15) is 4.79 Å². The molecule has 5 heteroatoms. The Balaban J connectivity index is 1.70. The van der Waals surface area contributed by atoms with Gasteiger partial charge in [0, 0.05) is 16.6 Å². The standard InChI is InChI=1S/C18H15ClN2O2/c1-12-2-7-16-15(10-12)17(8-9-20-16)21-18(22)11-23-14-5-3-13(19)4-6-14/h2-10H,11H2,1H3,(H,20,21,22). The minimum absolute atomic E-state index is 0.0722. The highest BCUT2D eigenvalue weighted by Crippen LogP contribution is 2.22. The summed E-state index contributed by atoms with van der Waals surface area (Å²) < 4.78 is 5.44. The van der Waals surface area contributed by atoms with Gasteiger partial charge >= 0.3 is 0 Å². The molecule has 0 spiro atoms. The second-order valence-electron chi connectivity index (χ2n) is 5.17. The van der Waals surface area contributed by atoms with Gasteiger partial charge in [-0.05, 0) is 49.4 Å². The quantitative estimate of drug-likeness (QED) is 0.781. The molecule has 0 aliphatic rings. The first-order valence-corrected chi connectivity index (χ1v) is 7.53. The number of fused-ring (bicyclic) bond motifs is 1. The van der Waals surface area contributed by atoms with Crippen LogP contribution in [0.2, 0.25) is 5.02 Å². The number of ether oxygens (including phenoxy) is 1. The first-order chi connectivity index (χ1) is 11.1. The zero-order chi connectivity index (χ0) is 16.2. The Morgan fingerprint density at radius 3 is 2.74 bits per heavy atom. The van der Waals surface area contributed by atoms with E-state index in [4.69, 9.17) is 16.3 Å². The summed E-state index contributed by atoms with van der Waals surface area (Å²) in [6, 6.07) is 14.6. The maximum Gasteiger partial charge on any atom is 0.262 e. The van der Waals surface area contributed by atoms with E-state index in [0.717, 1.165) is 22.2 Å². The van der Waals surface area contributed by atoms with E-state index in [1.807, 2.05) is 25.1 Å². The largest absolute Gasteiger partial charge is 0.484 e. The van der Waals surface area contributed by atoms with Crippen molar-refractivity contribution in [1.29, 1.82) is 0 Å². The number of aromatic nitrogens is 1. The van der Waals surface area contributed by atoms with Gasteiger partial charge in [-0.25, -0.2) is 0 Å². The van der Waals surface area contributed by atoms with E-state index < -0.39 is 0 Å². The molecule has 0 unspecified atom stereocenters. The van der Waals surface area contributed by atoms with Crippen molar-refractivity contribution in [3.63, 3.8) is 0 Å². The molecular formula is C18H15ClN2O2. The molecule has 0 atom stereocenters. The smallest absolute Gasteiger partial charge is 0.262 e. The van der Waals surface area contributed by atoms with E-state index in [2.05, 4.69) is 10.3 Å². The van der Waals surface area contributed by atoms with Gasteiger partial charge in [-0.15, -0.1) is 0 Å². The molecular weight excluding hydrogens is 312 g/mol. The Kier molecular flexibility index (Phi) is 4.44. The maximum absolute atomic E-state index is 12.1. The third-order valence-corrected chi connectivity index (χ3v) is 3.61. The van der Waals surface area contributed by atoms with Crippen LogP contribution in [0.15, 0.2) is 54.7 Å². The van der Waals surface area contributed by atoms with Gasteiger partial charge < -0.3 is 10.1 Å². The van der Waals surface area contributed by atoms with Crippen LogP contribution in [0.5, 0.6) is 5.75 Å². The molecule has 1 heterocycles. The third-order valence-electron chi connectivity index (χ3n) is 3.35. The number of anilines is 1. The van der Waals surface area contributed by atoms with Crippen molar-refractivity contribution >= 4 is 34.1 Å². The van der Waals surface area contributed by atoms with Crippen molar-refractivity contribution in [2.24, 2.45) is 0 Å². The summed E-state index contributed by atoms with van der Waals surface area (Å²) in [6.07, 6.45) is 1.67. The molecule has 1 amide bonds. The summed E-state index contributed by atoms with van der Waals surface area (Å²) >= 11 is 5.81. The molecule has 0 saturated heterocycles. The Morgan fingerprint density at radius 1 is 1.17 bits per heavy atom. The number of aryl methyl sites for hydroxylation is 1. The lowest BCUT2D eigenvalue weighted by molar-refractivity contribution is -0.118. The fourth-order valence-corrected chi connectivity index (χ4v) is 2.36. The van der Waals surface area contributed by atoms with E-state index in [-0.39, 0.29) is 12.5 Å². The highest BCUT2D eigenvalue weighted by molar-refractivity contribution is 6.30. The van der Waals surface area contributed by atoms with E-state index >= 15 is 0 Å². The average Bonchev–Trinajstić information content (AvgIpc) is 2.55. The maximum atomic E-state index is 12.1. The van der Waals surface area contributed by atoms with Gasteiger partial charge in [0.25, 0.3) is 5.91 Å². The van der Waals surface area contributed by atoms with Crippen LogP contribution in [0.3, 0.4) is 0 Å². The number of nitrogens with one attached hydrogen (secondary N) is 1. The predicted molar refractivity (Wildman–Crippen MR) is 92.1 cm³/mol. The van der Waals surface area contributed by atoms with Crippen molar-refractivity contribution in [3.8, 4) is 5.75 Å². The van der Waals surface area contributed by atoms with Crippen LogP contribution in [0, 0.1) is 6.92 Å². The van der Waals surface area contributed by atoms with E-state index in [0.29, 0.717) is 10.8 Å². The Morgan fingerprint density at radius 2 is 1.96 bits per heavy atom. The molecule has 0 aliphatic carbocycles. The number of halogens is 1. The monoisotopic (exact) mass is 326 g/mol. The van der Waals surface area contributed by atoms with Crippen LogP contribution in [-0.2, 0) is 4.79 Å². The molecule has 1 aromatic heterocycles. The molecule has 0 radical (unpaired) electrons. The molecule has 0 bridgehead atoms. The topological polar surface area (TPSA) is 51.2 Å². The molecule has 0 aliphatic heterocycles. The van der Waals surface area contributed by atoms with E-state index in [1.165, 1.54) is 0 Å². The predicted octanol–water partition coefficient (Wildman–Crippen LogP) is 4.21. The minimum Gasteiger partial charge on any atom is -0.484 e. The fourth-order valence-electron chi connectivity index (χ4n) is 2.24.